The average molecular weight is 465 g/mol. The lowest BCUT2D eigenvalue weighted by Crippen LogP contribution is -2.14. The lowest BCUT2D eigenvalue weighted by Gasteiger charge is -2.11. The van der Waals surface area contributed by atoms with Gasteiger partial charge in [0.1, 0.15) is 5.75 Å². The Hall–Kier alpha value is -3.29. The molecule has 4 rings (SSSR count). The van der Waals surface area contributed by atoms with Crippen LogP contribution in [0.5, 0.6) is 5.75 Å². The van der Waals surface area contributed by atoms with Gasteiger partial charge in [0.15, 0.2) is 11.0 Å². The number of para-hydroxylation sites is 1. The molecule has 0 atom stereocenters. The lowest BCUT2D eigenvalue weighted by atomic mass is 10.2. The summed E-state index contributed by atoms with van der Waals surface area (Å²) in [5, 5.41) is 12.7. The van der Waals surface area contributed by atoms with Gasteiger partial charge < -0.3 is 10.1 Å². The van der Waals surface area contributed by atoms with E-state index in [0.717, 1.165) is 22.6 Å². The summed E-state index contributed by atoms with van der Waals surface area (Å²) in [6.45, 7) is 2.04. The zero-order valence-corrected chi connectivity index (χ0v) is 19.2. The number of methoxy groups -OCH3 is 1. The fraction of sp³-hybridized carbons (Fsp3) is 0.125. The van der Waals surface area contributed by atoms with Crippen LogP contribution in [-0.4, -0.2) is 33.5 Å². The van der Waals surface area contributed by atoms with Crippen molar-refractivity contribution in [2.24, 2.45) is 0 Å². The highest BCUT2D eigenvalue weighted by atomic mass is 35.5. The van der Waals surface area contributed by atoms with Crippen molar-refractivity contribution in [3.8, 4) is 22.8 Å². The second-order valence-corrected chi connectivity index (χ2v) is 8.37. The van der Waals surface area contributed by atoms with Gasteiger partial charge in [0.05, 0.1) is 23.6 Å². The first-order valence-electron chi connectivity index (χ1n) is 9.89. The number of amides is 1. The fourth-order valence-electron chi connectivity index (χ4n) is 3.10. The van der Waals surface area contributed by atoms with Crippen molar-refractivity contribution >= 4 is 35.0 Å². The number of aromatic nitrogens is 3. The van der Waals surface area contributed by atoms with Gasteiger partial charge in [-0.2, -0.15) is 0 Å². The van der Waals surface area contributed by atoms with E-state index in [0.29, 0.717) is 21.7 Å². The number of anilines is 1. The van der Waals surface area contributed by atoms with Crippen molar-refractivity contribution in [1.82, 2.24) is 14.8 Å². The molecule has 6 nitrogen and oxygen atoms in total. The summed E-state index contributed by atoms with van der Waals surface area (Å²) in [6, 6.07) is 22.9. The number of hydrogen-bond donors (Lipinski definition) is 1. The SMILES string of the molecule is COc1ccc(-c2nnc(SCC(=O)Nc3ccccc3Cl)n2-c2ccc(C)cc2)cc1. The van der Waals surface area contributed by atoms with Crippen LogP contribution < -0.4 is 10.1 Å². The van der Waals surface area contributed by atoms with Crippen LogP contribution in [0.1, 0.15) is 5.56 Å². The van der Waals surface area contributed by atoms with E-state index in [9.17, 15) is 4.79 Å². The summed E-state index contributed by atoms with van der Waals surface area (Å²) in [7, 11) is 1.63. The van der Waals surface area contributed by atoms with E-state index in [1.807, 2.05) is 72.2 Å². The molecule has 0 aliphatic rings. The van der Waals surface area contributed by atoms with Gasteiger partial charge in [-0.15, -0.1) is 10.2 Å². The largest absolute Gasteiger partial charge is 0.497 e. The molecule has 0 saturated heterocycles. The Labute approximate surface area is 195 Å². The van der Waals surface area contributed by atoms with Crippen molar-refractivity contribution in [2.75, 3.05) is 18.2 Å². The molecule has 8 heteroatoms. The number of benzene rings is 3. The van der Waals surface area contributed by atoms with Gasteiger partial charge in [-0.3, -0.25) is 9.36 Å². The fourth-order valence-corrected chi connectivity index (χ4v) is 4.03. The monoisotopic (exact) mass is 464 g/mol. The maximum atomic E-state index is 12.5. The molecule has 1 heterocycles. The molecule has 0 saturated carbocycles. The summed E-state index contributed by atoms with van der Waals surface area (Å²) >= 11 is 7.45. The van der Waals surface area contributed by atoms with Crippen LogP contribution >= 0.6 is 23.4 Å². The predicted molar refractivity (Wildman–Crippen MR) is 129 cm³/mol. The van der Waals surface area contributed by atoms with Crippen LogP contribution in [0.4, 0.5) is 5.69 Å². The second-order valence-electron chi connectivity index (χ2n) is 7.02. The van der Waals surface area contributed by atoms with Crippen LogP contribution in [0.15, 0.2) is 78.0 Å². The third kappa shape index (κ3) is 4.95. The second kappa shape index (κ2) is 9.89. The number of nitrogens with zero attached hydrogens (tertiary/aromatic N) is 3. The molecule has 0 aliphatic heterocycles. The molecule has 0 fully saturated rings. The molecule has 0 radical (unpaired) electrons. The van der Waals surface area contributed by atoms with Gasteiger partial charge in [-0.1, -0.05) is 53.2 Å². The first kappa shape index (κ1) is 21.9. The molecule has 1 amide bonds. The molecule has 3 aromatic carbocycles. The molecule has 162 valence electrons. The number of thioether (sulfide) groups is 1. The maximum Gasteiger partial charge on any atom is 0.234 e. The molecule has 1 N–H and O–H groups in total. The highest BCUT2D eigenvalue weighted by Gasteiger charge is 2.18. The van der Waals surface area contributed by atoms with E-state index in [1.165, 1.54) is 11.8 Å². The normalized spacial score (nSPS) is 10.7. The van der Waals surface area contributed by atoms with Gasteiger partial charge in [-0.05, 0) is 55.5 Å². The Bertz CT molecular complexity index is 1220. The number of aryl methyl sites for hydroxylation is 1. The Balaban J connectivity index is 1.61. The van der Waals surface area contributed by atoms with Crippen LogP contribution in [0, 0.1) is 6.92 Å². The van der Waals surface area contributed by atoms with Gasteiger partial charge in [0.2, 0.25) is 5.91 Å². The van der Waals surface area contributed by atoms with E-state index < -0.39 is 0 Å². The van der Waals surface area contributed by atoms with Crippen molar-refractivity contribution in [3.05, 3.63) is 83.4 Å². The number of hydrogen-bond acceptors (Lipinski definition) is 5. The molecule has 1 aromatic heterocycles. The van der Waals surface area contributed by atoms with E-state index in [2.05, 4.69) is 15.5 Å². The number of carbonyl (C=O) groups is 1. The average Bonchev–Trinajstić information content (AvgIpc) is 3.24. The smallest absolute Gasteiger partial charge is 0.234 e. The lowest BCUT2D eigenvalue weighted by molar-refractivity contribution is -0.113. The van der Waals surface area contributed by atoms with Crippen LogP contribution in [0.25, 0.3) is 17.1 Å². The Kier molecular flexibility index (Phi) is 6.78. The standard InChI is InChI=1S/C24H21ClN4O2S/c1-16-7-11-18(12-8-16)29-23(17-9-13-19(31-2)14-10-17)27-28-24(29)32-15-22(30)26-21-6-4-3-5-20(21)25/h3-14H,15H2,1-2H3,(H,26,30). The minimum absolute atomic E-state index is 0.165. The maximum absolute atomic E-state index is 12.5. The van der Waals surface area contributed by atoms with Gasteiger partial charge in [0, 0.05) is 11.3 Å². The van der Waals surface area contributed by atoms with E-state index in [4.69, 9.17) is 16.3 Å². The summed E-state index contributed by atoms with van der Waals surface area (Å²) in [5.41, 5.74) is 3.55. The van der Waals surface area contributed by atoms with Crippen molar-refractivity contribution in [1.29, 1.82) is 0 Å². The third-order valence-electron chi connectivity index (χ3n) is 4.75. The van der Waals surface area contributed by atoms with Gasteiger partial charge >= 0.3 is 0 Å². The molecule has 0 spiro atoms. The molecular formula is C24H21ClN4O2S. The highest BCUT2D eigenvalue weighted by Crippen LogP contribution is 2.29. The van der Waals surface area contributed by atoms with Gasteiger partial charge in [0.25, 0.3) is 0 Å². The van der Waals surface area contributed by atoms with Crippen LogP contribution in [0.2, 0.25) is 5.02 Å². The zero-order chi connectivity index (χ0) is 22.5. The number of ether oxygens (including phenoxy) is 1. The highest BCUT2D eigenvalue weighted by molar-refractivity contribution is 7.99. The predicted octanol–water partition coefficient (Wildman–Crippen LogP) is 5.64. The first-order valence-corrected chi connectivity index (χ1v) is 11.3. The number of carbonyl (C=O) groups excluding carboxylic acids is 1. The van der Waals surface area contributed by atoms with Gasteiger partial charge in [-0.25, -0.2) is 0 Å². The number of halogens is 1. The molecule has 4 aromatic rings. The molecule has 0 aliphatic carbocycles. The van der Waals surface area contributed by atoms with E-state index in [1.54, 1.807) is 19.2 Å². The minimum Gasteiger partial charge on any atom is -0.497 e. The Morgan fingerprint density at radius 3 is 2.44 bits per heavy atom. The van der Waals surface area contributed by atoms with E-state index >= 15 is 0 Å². The van der Waals surface area contributed by atoms with Crippen LogP contribution in [-0.2, 0) is 4.79 Å². The topological polar surface area (TPSA) is 69.0 Å². The number of rotatable bonds is 7. The summed E-state index contributed by atoms with van der Waals surface area (Å²) < 4.78 is 7.21. The quantitative estimate of drug-likeness (QED) is 0.359. The van der Waals surface area contributed by atoms with Crippen molar-refractivity contribution in [2.45, 2.75) is 12.1 Å². The zero-order valence-electron chi connectivity index (χ0n) is 17.6. The molecule has 32 heavy (non-hydrogen) atoms. The third-order valence-corrected chi connectivity index (χ3v) is 6.01. The summed E-state index contributed by atoms with van der Waals surface area (Å²) in [6.07, 6.45) is 0. The van der Waals surface area contributed by atoms with E-state index in [-0.39, 0.29) is 11.7 Å². The first-order chi connectivity index (χ1) is 15.5. The van der Waals surface area contributed by atoms with Crippen molar-refractivity contribution < 1.29 is 9.53 Å². The molecule has 0 bridgehead atoms. The number of nitrogens with one attached hydrogen (secondary N) is 1. The molecular weight excluding hydrogens is 444 g/mol. The molecule has 0 unspecified atom stereocenters. The van der Waals surface area contributed by atoms with Crippen molar-refractivity contribution in [3.63, 3.8) is 0 Å². The summed E-state index contributed by atoms with van der Waals surface area (Å²) in [5.74, 6) is 1.44. The van der Waals surface area contributed by atoms with Crippen LogP contribution in [0.3, 0.4) is 0 Å². The Morgan fingerprint density at radius 1 is 1.03 bits per heavy atom. The minimum atomic E-state index is -0.174. The summed E-state index contributed by atoms with van der Waals surface area (Å²) in [4.78, 5) is 12.5. The Morgan fingerprint density at radius 2 is 1.75 bits per heavy atom.